The van der Waals surface area contributed by atoms with Crippen LogP contribution in [0.4, 0.5) is 0 Å². The summed E-state index contributed by atoms with van der Waals surface area (Å²) in [5, 5.41) is 4.07. The Labute approximate surface area is 160 Å². The molecule has 26 heavy (non-hydrogen) atoms. The van der Waals surface area contributed by atoms with Gasteiger partial charge in [0.1, 0.15) is 0 Å². The molecule has 0 saturated carbocycles. The van der Waals surface area contributed by atoms with Gasteiger partial charge in [0.25, 0.3) is 0 Å². The van der Waals surface area contributed by atoms with Crippen molar-refractivity contribution in [3.05, 3.63) is 83.7 Å². The van der Waals surface area contributed by atoms with Crippen molar-refractivity contribution in [3.63, 3.8) is 0 Å². The Bertz CT molecular complexity index is 748. The van der Waals surface area contributed by atoms with E-state index < -0.39 is 16.1 Å². The molecule has 0 radical (unpaired) electrons. The maximum absolute atomic E-state index is 11.1. The third-order valence-corrected chi connectivity index (χ3v) is 10.7. The average molecular weight is 384 g/mol. The molecule has 138 valence electrons. The summed E-state index contributed by atoms with van der Waals surface area (Å²) in [4.78, 5) is 11.1. The second-order valence-electron chi connectivity index (χ2n) is 8.07. The van der Waals surface area contributed by atoms with Crippen LogP contribution in [0.25, 0.3) is 0 Å². The zero-order chi connectivity index (χ0) is 18.7. The van der Waals surface area contributed by atoms with Crippen molar-refractivity contribution in [2.75, 3.05) is 0 Å². The molecule has 0 fully saturated rings. The molecule has 1 nitrogen and oxygen atoms in total. The average Bonchev–Trinajstić information content (AvgIpc) is 3.12. The van der Waals surface area contributed by atoms with E-state index >= 15 is 0 Å². The molecule has 0 unspecified atom stereocenters. The van der Waals surface area contributed by atoms with Crippen LogP contribution in [-0.2, 0) is 0 Å². The number of benzene rings is 2. The fraction of sp³-hybridized carbons (Fsp3) is 0.304. The Balaban J connectivity index is 2.05. The van der Waals surface area contributed by atoms with Gasteiger partial charge in [-0.15, -0.1) is 0 Å². The van der Waals surface area contributed by atoms with E-state index in [4.69, 9.17) is 0 Å². The van der Waals surface area contributed by atoms with E-state index in [-0.39, 0.29) is 5.16 Å². The Morgan fingerprint density at radius 3 is 1.88 bits per heavy atom. The first-order chi connectivity index (χ1) is 12.4. The minimum atomic E-state index is -1.98. The number of allylic oxidation sites excluding steroid dienone is 4. The summed E-state index contributed by atoms with van der Waals surface area (Å²) >= 11 is 0. The van der Waals surface area contributed by atoms with Gasteiger partial charge in [0.15, 0.2) is 0 Å². The zero-order valence-electron chi connectivity index (χ0n) is 16.2. The molecule has 1 aliphatic rings. The first-order valence-corrected chi connectivity index (χ1v) is 12.4. The zero-order valence-corrected chi connectivity index (χ0v) is 18.2. The number of hydrogen-bond donors (Lipinski definition) is 1. The molecule has 2 aromatic carbocycles. The molecular formula is C23H30OP2. The van der Waals surface area contributed by atoms with Gasteiger partial charge in [0.2, 0.25) is 0 Å². The standard InChI is InChI=1S/C23H30OP2/c1-18(21-16-11-17-22(21)26(24)23(2,3)4)25(19-12-7-5-8-13-19)20-14-9-6-10-15-20/h5-15,17-18,24H,16,26H2,1-4H3/t18-/m1/s1. The van der Waals surface area contributed by atoms with E-state index in [0.29, 0.717) is 5.66 Å². The monoisotopic (exact) mass is 384 g/mol. The van der Waals surface area contributed by atoms with Crippen LogP contribution in [-0.4, -0.2) is 15.7 Å². The Kier molecular flexibility index (Phi) is 6.13. The van der Waals surface area contributed by atoms with Crippen molar-refractivity contribution < 1.29 is 4.89 Å². The van der Waals surface area contributed by atoms with Crippen LogP contribution in [0.5, 0.6) is 0 Å². The normalized spacial score (nSPS) is 16.3. The molecule has 1 N–H and O–H groups in total. The quantitative estimate of drug-likeness (QED) is 0.687. The Hall–Kier alpha value is -1.26. The fourth-order valence-corrected chi connectivity index (χ4v) is 8.47. The molecule has 0 aromatic heterocycles. The molecule has 1 aliphatic carbocycles. The molecule has 0 saturated heterocycles. The summed E-state index contributed by atoms with van der Waals surface area (Å²) in [6.45, 7) is 8.87. The van der Waals surface area contributed by atoms with Gasteiger partial charge in [-0.2, -0.15) is 0 Å². The van der Waals surface area contributed by atoms with Gasteiger partial charge >= 0.3 is 160 Å². The van der Waals surface area contributed by atoms with Crippen molar-refractivity contribution in [2.24, 2.45) is 0 Å². The number of rotatable bonds is 5. The van der Waals surface area contributed by atoms with Crippen molar-refractivity contribution >= 4 is 26.7 Å². The number of hydrogen-bond acceptors (Lipinski definition) is 1. The third kappa shape index (κ3) is 4.17. The summed E-state index contributed by atoms with van der Waals surface area (Å²) in [7, 11) is -2.48. The van der Waals surface area contributed by atoms with Crippen molar-refractivity contribution in [1.82, 2.24) is 0 Å². The van der Waals surface area contributed by atoms with E-state index in [2.05, 4.69) is 101 Å². The predicted molar refractivity (Wildman–Crippen MR) is 121 cm³/mol. The van der Waals surface area contributed by atoms with Crippen molar-refractivity contribution in [3.8, 4) is 0 Å². The predicted octanol–water partition coefficient (Wildman–Crippen LogP) is 5.37. The molecule has 2 aromatic rings. The topological polar surface area (TPSA) is 20.2 Å². The Morgan fingerprint density at radius 1 is 0.923 bits per heavy atom. The molecule has 0 spiro atoms. The van der Waals surface area contributed by atoms with Gasteiger partial charge in [0.05, 0.1) is 0 Å². The van der Waals surface area contributed by atoms with Gasteiger partial charge in [-0.25, -0.2) is 0 Å². The molecule has 3 rings (SSSR count). The summed E-state index contributed by atoms with van der Waals surface area (Å²) in [6.07, 6.45) is 5.43. The van der Waals surface area contributed by atoms with E-state index in [1.807, 2.05) is 0 Å². The fourth-order valence-electron chi connectivity index (χ4n) is 3.61. The summed E-state index contributed by atoms with van der Waals surface area (Å²) in [6, 6.07) is 21.8. The van der Waals surface area contributed by atoms with Gasteiger partial charge < -0.3 is 0 Å². The van der Waals surface area contributed by atoms with Crippen LogP contribution >= 0.6 is 16.1 Å². The molecule has 0 bridgehead atoms. The maximum atomic E-state index is 11.1. The first-order valence-electron chi connectivity index (χ1n) is 9.36. The molecule has 1 atom stereocenters. The van der Waals surface area contributed by atoms with Crippen molar-refractivity contribution in [1.29, 1.82) is 0 Å². The second kappa shape index (κ2) is 8.18. The van der Waals surface area contributed by atoms with E-state index in [1.165, 1.54) is 21.5 Å². The van der Waals surface area contributed by atoms with Crippen LogP contribution in [0.3, 0.4) is 0 Å². The van der Waals surface area contributed by atoms with Crippen LogP contribution < -0.4 is 10.6 Å². The molecular weight excluding hydrogens is 354 g/mol. The van der Waals surface area contributed by atoms with Crippen molar-refractivity contribution in [2.45, 2.75) is 44.9 Å². The van der Waals surface area contributed by atoms with E-state index in [9.17, 15) is 4.89 Å². The molecule has 0 amide bonds. The molecule has 3 heteroatoms. The minimum absolute atomic E-state index is 0.0166. The summed E-state index contributed by atoms with van der Waals surface area (Å²) in [5.41, 5.74) is 1.88. The summed E-state index contributed by atoms with van der Waals surface area (Å²) < 4.78 is 0. The molecule has 0 aliphatic heterocycles. The van der Waals surface area contributed by atoms with Gasteiger partial charge in [-0.1, -0.05) is 0 Å². The van der Waals surface area contributed by atoms with Gasteiger partial charge in [-0.05, 0) is 0 Å². The van der Waals surface area contributed by atoms with Gasteiger partial charge in [0, 0.05) is 0 Å². The van der Waals surface area contributed by atoms with Gasteiger partial charge in [-0.3, -0.25) is 0 Å². The SMILES string of the molecule is C[C@H](C1=C([PH2](O)C(C)(C)C)C=CC1)P(c1ccccc1)c1ccccc1. The first kappa shape index (κ1) is 19.5. The van der Waals surface area contributed by atoms with Crippen LogP contribution in [0.15, 0.2) is 83.7 Å². The van der Waals surface area contributed by atoms with E-state index in [1.54, 1.807) is 0 Å². The molecule has 0 heterocycles. The second-order valence-corrected chi connectivity index (χ2v) is 13.8. The van der Waals surface area contributed by atoms with Crippen LogP contribution in [0, 0.1) is 0 Å². The summed E-state index contributed by atoms with van der Waals surface area (Å²) in [5.74, 6) is 0. The van der Waals surface area contributed by atoms with E-state index in [0.717, 1.165) is 6.42 Å². The third-order valence-electron chi connectivity index (χ3n) is 5.08. The van der Waals surface area contributed by atoms with Crippen LogP contribution in [0.1, 0.15) is 34.1 Å². The van der Waals surface area contributed by atoms with Crippen LogP contribution in [0.2, 0.25) is 0 Å². The Morgan fingerprint density at radius 2 is 1.42 bits per heavy atom.